The third kappa shape index (κ3) is 4.66. The molecule has 0 radical (unpaired) electrons. The number of rotatable bonds is 7. The van der Waals surface area contributed by atoms with Crippen LogP contribution in [0.25, 0.3) is 0 Å². The maximum absolute atomic E-state index is 6.06. The fraction of sp³-hybridized carbons (Fsp3) is 0.400. The lowest BCUT2D eigenvalue weighted by molar-refractivity contribution is 0.181. The normalized spacial score (nSPS) is 11.0. The van der Waals surface area contributed by atoms with Crippen molar-refractivity contribution in [1.29, 1.82) is 0 Å². The average Bonchev–Trinajstić information content (AvgIpc) is 2.83. The molecule has 0 atom stereocenters. The van der Waals surface area contributed by atoms with Crippen molar-refractivity contribution in [2.45, 2.75) is 26.5 Å². The molecule has 1 aromatic carbocycles. The molecule has 0 bridgehead atoms. The van der Waals surface area contributed by atoms with Gasteiger partial charge in [-0.15, -0.1) is 11.3 Å². The monoisotopic (exact) mass is 344 g/mol. The second kappa shape index (κ2) is 8.11. The van der Waals surface area contributed by atoms with Gasteiger partial charge >= 0.3 is 0 Å². The summed E-state index contributed by atoms with van der Waals surface area (Å²) in [7, 11) is 1.69. The molecule has 2 rings (SSSR count). The topological polar surface area (TPSA) is 34.2 Å². The van der Waals surface area contributed by atoms with Crippen molar-refractivity contribution in [3.8, 4) is 0 Å². The molecular weight excluding hydrogens is 327 g/mol. The summed E-state index contributed by atoms with van der Waals surface area (Å²) < 4.78 is 5.22. The number of thiazole rings is 1. The van der Waals surface area contributed by atoms with Gasteiger partial charge in [-0.05, 0) is 24.2 Å². The Bertz CT molecular complexity index is 601. The van der Waals surface area contributed by atoms with Gasteiger partial charge in [-0.25, -0.2) is 4.98 Å². The number of ether oxygens (including phenoxy) is 1. The summed E-state index contributed by atoms with van der Waals surface area (Å²) in [5, 5.41) is 5.55. The van der Waals surface area contributed by atoms with E-state index >= 15 is 0 Å². The van der Waals surface area contributed by atoms with E-state index in [1.54, 1.807) is 18.4 Å². The van der Waals surface area contributed by atoms with Crippen LogP contribution >= 0.6 is 34.5 Å². The molecule has 21 heavy (non-hydrogen) atoms. The summed E-state index contributed by atoms with van der Waals surface area (Å²) in [6.45, 7) is 4.40. The summed E-state index contributed by atoms with van der Waals surface area (Å²) in [6, 6.07) is 5.70. The number of halogens is 2. The van der Waals surface area contributed by atoms with Crippen LogP contribution in [0.5, 0.6) is 0 Å². The van der Waals surface area contributed by atoms with Crippen molar-refractivity contribution in [2.24, 2.45) is 0 Å². The van der Waals surface area contributed by atoms with Crippen molar-refractivity contribution in [3.63, 3.8) is 0 Å². The first-order valence-electron chi connectivity index (χ1n) is 6.75. The van der Waals surface area contributed by atoms with Crippen molar-refractivity contribution in [1.82, 2.24) is 10.3 Å². The Labute approximate surface area is 139 Å². The first kappa shape index (κ1) is 16.7. The van der Waals surface area contributed by atoms with Crippen LogP contribution < -0.4 is 5.32 Å². The lowest BCUT2D eigenvalue weighted by Crippen LogP contribution is -2.12. The number of hydrogen-bond donors (Lipinski definition) is 1. The highest BCUT2D eigenvalue weighted by Gasteiger charge is 2.11. The summed E-state index contributed by atoms with van der Waals surface area (Å²) in [5.41, 5.74) is 2.12. The maximum Gasteiger partial charge on any atom is 0.0976 e. The quantitative estimate of drug-likeness (QED) is 0.813. The fourth-order valence-corrected chi connectivity index (χ4v) is 3.36. The third-order valence-corrected chi connectivity index (χ3v) is 4.82. The van der Waals surface area contributed by atoms with E-state index in [-0.39, 0.29) is 0 Å². The Kier molecular flexibility index (Phi) is 6.45. The minimum Gasteiger partial charge on any atom is -0.378 e. The maximum atomic E-state index is 6.06. The first-order valence-corrected chi connectivity index (χ1v) is 8.32. The molecule has 6 heteroatoms. The van der Waals surface area contributed by atoms with Crippen molar-refractivity contribution in [3.05, 3.63) is 49.4 Å². The van der Waals surface area contributed by atoms with Gasteiger partial charge in [-0.1, -0.05) is 36.2 Å². The minimum atomic E-state index is 0.540. The molecule has 0 fully saturated rings. The van der Waals surface area contributed by atoms with Crippen LogP contribution in [0.1, 0.15) is 28.1 Å². The zero-order valence-electron chi connectivity index (χ0n) is 12.1. The lowest BCUT2D eigenvalue weighted by Gasteiger charge is -2.01. The van der Waals surface area contributed by atoms with Crippen LogP contribution in [0.4, 0.5) is 0 Å². The van der Waals surface area contributed by atoms with Gasteiger partial charge in [-0.2, -0.15) is 0 Å². The average molecular weight is 345 g/mol. The van der Waals surface area contributed by atoms with Crippen molar-refractivity contribution in [2.75, 3.05) is 13.7 Å². The molecule has 0 aliphatic rings. The van der Waals surface area contributed by atoms with Crippen molar-refractivity contribution >= 4 is 34.5 Å². The number of hydrogen-bond acceptors (Lipinski definition) is 4. The van der Waals surface area contributed by atoms with E-state index in [1.165, 1.54) is 4.88 Å². The number of nitrogens with zero attached hydrogens (tertiary/aromatic N) is 1. The highest BCUT2D eigenvalue weighted by molar-refractivity contribution is 7.11. The first-order chi connectivity index (χ1) is 10.1. The van der Waals surface area contributed by atoms with Crippen LogP contribution in [0.3, 0.4) is 0 Å². The van der Waals surface area contributed by atoms with E-state index in [2.05, 4.69) is 17.2 Å². The second-order valence-electron chi connectivity index (χ2n) is 4.62. The standard InChI is InChI=1S/C15H18Cl2N2OS/c1-3-18-8-14-13(9-20-2)19-15(21-14)7-10-4-5-11(16)12(17)6-10/h4-6,18H,3,7-9H2,1-2H3. The highest BCUT2D eigenvalue weighted by Crippen LogP contribution is 2.26. The summed E-state index contributed by atoms with van der Waals surface area (Å²) in [6.07, 6.45) is 0.754. The number of nitrogens with one attached hydrogen (secondary N) is 1. The molecule has 0 aliphatic heterocycles. The second-order valence-corrected chi connectivity index (χ2v) is 6.60. The van der Waals surface area contributed by atoms with Gasteiger partial charge in [-0.3, -0.25) is 0 Å². The Balaban J connectivity index is 2.16. The van der Waals surface area contributed by atoms with Gasteiger partial charge < -0.3 is 10.1 Å². The van der Waals surface area contributed by atoms with Gasteiger partial charge in [0.1, 0.15) is 0 Å². The predicted octanol–water partition coefficient (Wildman–Crippen LogP) is 4.30. The van der Waals surface area contributed by atoms with E-state index in [9.17, 15) is 0 Å². The molecule has 0 saturated carbocycles. The largest absolute Gasteiger partial charge is 0.378 e. The Hall–Kier alpha value is -0.650. The number of benzene rings is 1. The minimum absolute atomic E-state index is 0.540. The Morgan fingerprint density at radius 2 is 2.10 bits per heavy atom. The molecule has 1 N–H and O–H groups in total. The van der Waals surface area contributed by atoms with Crippen LogP contribution in [0.15, 0.2) is 18.2 Å². The van der Waals surface area contributed by atoms with Gasteiger partial charge in [0.15, 0.2) is 0 Å². The molecule has 0 amide bonds. The smallest absolute Gasteiger partial charge is 0.0976 e. The molecule has 2 aromatic rings. The van der Waals surface area contributed by atoms with Crippen LogP contribution in [-0.2, 0) is 24.3 Å². The SMILES string of the molecule is CCNCc1sc(Cc2ccc(Cl)c(Cl)c2)nc1COC. The third-order valence-electron chi connectivity index (χ3n) is 2.98. The molecule has 0 saturated heterocycles. The van der Waals surface area contributed by atoms with E-state index in [4.69, 9.17) is 27.9 Å². The van der Waals surface area contributed by atoms with Gasteiger partial charge in [0.05, 0.1) is 27.4 Å². The number of aromatic nitrogens is 1. The zero-order chi connectivity index (χ0) is 15.2. The van der Waals surface area contributed by atoms with Gasteiger partial charge in [0.2, 0.25) is 0 Å². The molecule has 3 nitrogen and oxygen atoms in total. The van der Waals surface area contributed by atoms with E-state index < -0.39 is 0 Å². The van der Waals surface area contributed by atoms with E-state index in [0.717, 1.165) is 35.8 Å². The molecule has 0 spiro atoms. The Morgan fingerprint density at radius 1 is 1.29 bits per heavy atom. The number of methoxy groups -OCH3 is 1. The zero-order valence-corrected chi connectivity index (χ0v) is 14.4. The fourth-order valence-electron chi connectivity index (χ4n) is 1.96. The van der Waals surface area contributed by atoms with E-state index in [1.807, 2.05) is 18.2 Å². The predicted molar refractivity (Wildman–Crippen MR) is 89.5 cm³/mol. The summed E-state index contributed by atoms with van der Waals surface area (Å²) >= 11 is 13.7. The lowest BCUT2D eigenvalue weighted by atomic mass is 10.2. The van der Waals surface area contributed by atoms with Crippen molar-refractivity contribution < 1.29 is 4.74 Å². The molecule has 114 valence electrons. The summed E-state index contributed by atoms with van der Waals surface area (Å²) in [4.78, 5) is 5.91. The van der Waals surface area contributed by atoms with Crippen LogP contribution in [-0.4, -0.2) is 18.6 Å². The summed E-state index contributed by atoms with van der Waals surface area (Å²) in [5.74, 6) is 0. The molecule has 0 aliphatic carbocycles. The molecule has 1 heterocycles. The van der Waals surface area contributed by atoms with Gasteiger partial charge in [0.25, 0.3) is 0 Å². The van der Waals surface area contributed by atoms with Crippen LogP contribution in [0.2, 0.25) is 10.0 Å². The molecule has 1 aromatic heterocycles. The highest BCUT2D eigenvalue weighted by atomic mass is 35.5. The van der Waals surface area contributed by atoms with Gasteiger partial charge in [0, 0.05) is 25.0 Å². The van der Waals surface area contributed by atoms with E-state index in [0.29, 0.717) is 16.7 Å². The van der Waals surface area contributed by atoms with Crippen LogP contribution in [0, 0.1) is 0 Å². The Morgan fingerprint density at radius 3 is 2.76 bits per heavy atom. The molecular formula is C15H18Cl2N2OS. The molecule has 0 unspecified atom stereocenters.